The van der Waals surface area contributed by atoms with Crippen molar-refractivity contribution in [3.63, 3.8) is 0 Å². The Morgan fingerprint density at radius 1 is 0.522 bits per heavy atom. The molecule has 1 heterocycles. The molecule has 0 bridgehead atoms. The second-order valence-electron chi connectivity index (χ2n) is 6.24. The van der Waals surface area contributed by atoms with Crippen molar-refractivity contribution < 1.29 is 4.74 Å². The van der Waals surface area contributed by atoms with Crippen LogP contribution in [0.3, 0.4) is 0 Å². The highest BCUT2D eigenvalue weighted by molar-refractivity contribution is 5.47. The van der Waals surface area contributed by atoms with Crippen molar-refractivity contribution in [3.05, 3.63) is 106 Å². The normalized spacial score (nSPS) is 19.6. The van der Waals surface area contributed by atoms with E-state index in [0.29, 0.717) is 0 Å². The van der Waals surface area contributed by atoms with Gasteiger partial charge in [0.15, 0.2) is 0 Å². The van der Waals surface area contributed by atoms with Gasteiger partial charge in [0.1, 0.15) is 12.2 Å². The van der Waals surface area contributed by atoms with Crippen molar-refractivity contribution in [3.8, 4) is 0 Å². The van der Waals surface area contributed by atoms with Gasteiger partial charge in [-0.25, -0.2) is 0 Å². The Bertz CT molecular complexity index is 779. The molecule has 0 spiro atoms. The third kappa shape index (κ3) is 2.38. The minimum Gasteiger partial charge on any atom is -0.356 e. The van der Waals surface area contributed by atoms with Gasteiger partial charge in [-0.3, -0.25) is 0 Å². The molecule has 0 aromatic heterocycles. The molecule has 114 valence electrons. The fraction of sp³-hybridized carbons (Fsp3) is 0.182. The molecule has 1 aliphatic heterocycles. The third-order valence-electron chi connectivity index (χ3n) is 4.77. The second-order valence-corrected chi connectivity index (χ2v) is 6.24. The lowest BCUT2D eigenvalue weighted by Gasteiger charge is -2.18. The van der Waals surface area contributed by atoms with Crippen LogP contribution >= 0.6 is 0 Å². The summed E-state index contributed by atoms with van der Waals surface area (Å²) in [6, 6.07) is 25.6. The molecule has 0 saturated heterocycles. The lowest BCUT2D eigenvalue weighted by atomic mass is 9.92. The highest BCUT2D eigenvalue weighted by Gasteiger charge is 2.34. The molecule has 0 aliphatic carbocycles. The number of hydrogen-bond acceptors (Lipinski definition) is 1. The van der Waals surface area contributed by atoms with Crippen molar-refractivity contribution >= 4 is 0 Å². The fourth-order valence-electron chi connectivity index (χ4n) is 3.51. The van der Waals surface area contributed by atoms with Crippen LogP contribution in [0.15, 0.2) is 72.8 Å². The van der Waals surface area contributed by atoms with Gasteiger partial charge in [0.05, 0.1) is 0 Å². The number of aryl methyl sites for hydroxylation is 2. The number of hydrogen-bond donors (Lipinski definition) is 0. The summed E-state index contributed by atoms with van der Waals surface area (Å²) in [4.78, 5) is 0. The molecule has 1 nitrogen and oxygen atoms in total. The predicted molar refractivity (Wildman–Crippen MR) is 93.6 cm³/mol. The van der Waals surface area contributed by atoms with Gasteiger partial charge in [0, 0.05) is 0 Å². The van der Waals surface area contributed by atoms with Crippen LogP contribution in [0.5, 0.6) is 0 Å². The van der Waals surface area contributed by atoms with Crippen LogP contribution in [0.1, 0.15) is 45.6 Å². The zero-order valence-electron chi connectivity index (χ0n) is 13.5. The fourth-order valence-corrected chi connectivity index (χ4v) is 3.51. The summed E-state index contributed by atoms with van der Waals surface area (Å²) in [6.45, 7) is 4.31. The summed E-state index contributed by atoms with van der Waals surface area (Å²) < 4.78 is 6.57. The summed E-state index contributed by atoms with van der Waals surface area (Å²) in [5.74, 6) is 0. The quantitative estimate of drug-likeness (QED) is 0.606. The maximum atomic E-state index is 6.57. The molecule has 1 aliphatic rings. The SMILES string of the molecule is Cc1ccccc1C1OC(c2ccccc2C)c2ccccc21. The Hall–Kier alpha value is -2.38. The van der Waals surface area contributed by atoms with E-state index >= 15 is 0 Å². The van der Waals surface area contributed by atoms with E-state index in [1.807, 2.05) is 0 Å². The number of rotatable bonds is 2. The Morgan fingerprint density at radius 3 is 1.26 bits per heavy atom. The van der Waals surface area contributed by atoms with Crippen molar-refractivity contribution in [2.75, 3.05) is 0 Å². The highest BCUT2D eigenvalue weighted by Crippen LogP contribution is 2.46. The van der Waals surface area contributed by atoms with Gasteiger partial charge >= 0.3 is 0 Å². The van der Waals surface area contributed by atoms with E-state index in [9.17, 15) is 0 Å². The predicted octanol–water partition coefficient (Wildman–Crippen LogP) is 5.51. The maximum absolute atomic E-state index is 6.57. The average molecular weight is 300 g/mol. The van der Waals surface area contributed by atoms with Crippen LogP contribution in [0.2, 0.25) is 0 Å². The van der Waals surface area contributed by atoms with Gasteiger partial charge in [-0.15, -0.1) is 0 Å². The average Bonchev–Trinajstić information content (AvgIpc) is 2.95. The molecule has 0 N–H and O–H groups in total. The Balaban J connectivity index is 1.85. The maximum Gasteiger partial charge on any atom is 0.109 e. The summed E-state index contributed by atoms with van der Waals surface area (Å²) in [5.41, 5.74) is 7.65. The van der Waals surface area contributed by atoms with E-state index in [-0.39, 0.29) is 12.2 Å². The minimum absolute atomic E-state index is 0.0111. The molecule has 0 radical (unpaired) electrons. The molecule has 4 rings (SSSR count). The Morgan fingerprint density at radius 2 is 0.870 bits per heavy atom. The highest BCUT2D eigenvalue weighted by atomic mass is 16.5. The van der Waals surface area contributed by atoms with Crippen molar-refractivity contribution in [2.24, 2.45) is 0 Å². The van der Waals surface area contributed by atoms with Gasteiger partial charge < -0.3 is 4.74 Å². The zero-order chi connectivity index (χ0) is 15.8. The van der Waals surface area contributed by atoms with E-state index in [2.05, 4.69) is 86.6 Å². The first kappa shape index (κ1) is 14.2. The van der Waals surface area contributed by atoms with Crippen LogP contribution in [-0.2, 0) is 4.74 Å². The second kappa shape index (κ2) is 5.68. The first-order chi connectivity index (χ1) is 11.3. The minimum atomic E-state index is 0.0111. The monoisotopic (exact) mass is 300 g/mol. The van der Waals surface area contributed by atoms with Crippen LogP contribution in [0.25, 0.3) is 0 Å². The Kier molecular flexibility index (Phi) is 3.51. The number of ether oxygens (including phenoxy) is 1. The van der Waals surface area contributed by atoms with Crippen LogP contribution in [-0.4, -0.2) is 0 Å². The van der Waals surface area contributed by atoms with Gasteiger partial charge in [-0.05, 0) is 47.2 Å². The molecule has 0 saturated carbocycles. The summed E-state index contributed by atoms with van der Waals surface area (Å²) in [6.07, 6.45) is 0.0222. The molecule has 23 heavy (non-hydrogen) atoms. The first-order valence-electron chi connectivity index (χ1n) is 8.11. The van der Waals surface area contributed by atoms with Crippen LogP contribution in [0.4, 0.5) is 0 Å². The molecular formula is C22H20O. The molecule has 2 atom stereocenters. The van der Waals surface area contributed by atoms with Gasteiger partial charge in [-0.1, -0.05) is 72.8 Å². The van der Waals surface area contributed by atoms with Gasteiger partial charge in [0.25, 0.3) is 0 Å². The standard InChI is InChI=1S/C22H20O/c1-15-9-3-5-11-17(15)21-19-13-7-8-14-20(19)22(23-21)18-12-6-4-10-16(18)2/h3-14,21-22H,1-2H3. The van der Waals surface area contributed by atoms with Gasteiger partial charge in [0.2, 0.25) is 0 Å². The topological polar surface area (TPSA) is 9.23 Å². The van der Waals surface area contributed by atoms with Crippen molar-refractivity contribution in [2.45, 2.75) is 26.1 Å². The molecule has 2 unspecified atom stereocenters. The summed E-state index contributed by atoms with van der Waals surface area (Å²) in [7, 11) is 0. The van der Waals surface area contributed by atoms with E-state index < -0.39 is 0 Å². The first-order valence-corrected chi connectivity index (χ1v) is 8.11. The van der Waals surface area contributed by atoms with E-state index in [4.69, 9.17) is 4.74 Å². The van der Waals surface area contributed by atoms with Crippen molar-refractivity contribution in [1.29, 1.82) is 0 Å². The molecule has 1 heteroatoms. The lowest BCUT2D eigenvalue weighted by Crippen LogP contribution is -2.04. The largest absolute Gasteiger partial charge is 0.356 e. The van der Waals surface area contributed by atoms with Crippen LogP contribution < -0.4 is 0 Å². The van der Waals surface area contributed by atoms with E-state index in [0.717, 1.165) is 0 Å². The van der Waals surface area contributed by atoms with E-state index in [1.54, 1.807) is 0 Å². The lowest BCUT2D eigenvalue weighted by molar-refractivity contribution is 0.0575. The van der Waals surface area contributed by atoms with Crippen molar-refractivity contribution in [1.82, 2.24) is 0 Å². The zero-order valence-corrected chi connectivity index (χ0v) is 13.5. The molecule has 0 amide bonds. The van der Waals surface area contributed by atoms with E-state index in [1.165, 1.54) is 33.4 Å². The smallest absolute Gasteiger partial charge is 0.109 e. The van der Waals surface area contributed by atoms with Crippen LogP contribution in [0, 0.1) is 13.8 Å². The molecule has 3 aromatic carbocycles. The third-order valence-corrected chi connectivity index (χ3v) is 4.77. The molecule has 0 fully saturated rings. The number of benzene rings is 3. The summed E-state index contributed by atoms with van der Waals surface area (Å²) >= 11 is 0. The molecule has 3 aromatic rings. The Labute approximate surface area is 137 Å². The van der Waals surface area contributed by atoms with Gasteiger partial charge in [-0.2, -0.15) is 0 Å². The summed E-state index contributed by atoms with van der Waals surface area (Å²) in [5, 5.41) is 0. The number of fused-ring (bicyclic) bond motifs is 1. The molecular weight excluding hydrogens is 280 g/mol.